The highest BCUT2D eigenvalue weighted by Crippen LogP contribution is 2.32. The quantitative estimate of drug-likeness (QED) is 0.371. The summed E-state index contributed by atoms with van der Waals surface area (Å²) in [6.07, 6.45) is 2.41. The Morgan fingerprint density at radius 2 is 1.94 bits per heavy atom. The standard InChI is InChI=1S/C24H26FN5O2/c1-3-30(4-2)11-7-10-26-21-14-20-17(12-18(21)25)24(32)29-22(27-20)13-16-15-8-5-6-9-19(15)28-23(16)31/h5-6,8-9,12-14,26H,3-4,7,10-11H2,1-2H3,(H,28,31)(H,27,29,32)/b16-13-. The summed E-state index contributed by atoms with van der Waals surface area (Å²) in [5.41, 5.74) is 2.08. The Morgan fingerprint density at radius 3 is 2.72 bits per heavy atom. The third-order valence-corrected chi connectivity index (χ3v) is 5.66. The van der Waals surface area contributed by atoms with Crippen LogP contribution >= 0.6 is 0 Å². The number of halogens is 1. The normalized spacial score (nSPS) is 14.2. The lowest BCUT2D eigenvalue weighted by molar-refractivity contribution is -0.110. The SMILES string of the molecule is CCN(CC)CCCNc1cc2nc(/C=C3\C(=O)Nc4ccccc43)[nH]c(=O)c2cc1F. The van der Waals surface area contributed by atoms with Crippen molar-refractivity contribution in [3.8, 4) is 0 Å². The number of anilines is 2. The molecule has 0 saturated heterocycles. The molecule has 0 saturated carbocycles. The topological polar surface area (TPSA) is 90.1 Å². The second kappa shape index (κ2) is 9.32. The first-order valence-electron chi connectivity index (χ1n) is 10.8. The van der Waals surface area contributed by atoms with Gasteiger partial charge in [-0.05, 0) is 50.3 Å². The molecule has 1 amide bonds. The third-order valence-electron chi connectivity index (χ3n) is 5.66. The lowest BCUT2D eigenvalue weighted by Crippen LogP contribution is -2.25. The Morgan fingerprint density at radius 1 is 1.16 bits per heavy atom. The van der Waals surface area contributed by atoms with E-state index in [2.05, 4.69) is 39.3 Å². The zero-order chi connectivity index (χ0) is 22.7. The number of aromatic amines is 1. The molecular formula is C24H26FN5O2. The molecule has 7 nitrogen and oxygen atoms in total. The average molecular weight is 436 g/mol. The third kappa shape index (κ3) is 4.40. The van der Waals surface area contributed by atoms with Crippen LogP contribution in [-0.2, 0) is 4.79 Å². The van der Waals surface area contributed by atoms with Crippen molar-refractivity contribution < 1.29 is 9.18 Å². The summed E-state index contributed by atoms with van der Waals surface area (Å²) in [7, 11) is 0. The molecule has 4 rings (SSSR count). The molecule has 0 atom stereocenters. The average Bonchev–Trinajstić information content (AvgIpc) is 3.10. The summed E-state index contributed by atoms with van der Waals surface area (Å²) in [4.78, 5) is 34.3. The van der Waals surface area contributed by atoms with Gasteiger partial charge in [0.25, 0.3) is 11.5 Å². The van der Waals surface area contributed by atoms with Gasteiger partial charge in [0.05, 0.1) is 22.2 Å². The Kier molecular flexibility index (Phi) is 6.32. The molecule has 2 aromatic carbocycles. The molecule has 3 N–H and O–H groups in total. The van der Waals surface area contributed by atoms with Crippen LogP contribution in [0.25, 0.3) is 22.6 Å². The number of nitrogens with zero attached hydrogens (tertiary/aromatic N) is 2. The maximum atomic E-state index is 14.5. The summed E-state index contributed by atoms with van der Waals surface area (Å²) in [5.74, 6) is -0.519. The Hall–Kier alpha value is -3.52. The number of benzene rings is 2. The van der Waals surface area contributed by atoms with Crippen molar-refractivity contribution >= 4 is 39.8 Å². The predicted octanol–water partition coefficient (Wildman–Crippen LogP) is 3.70. The number of amides is 1. The number of nitrogens with one attached hydrogen (secondary N) is 3. The van der Waals surface area contributed by atoms with Crippen molar-refractivity contribution in [1.82, 2.24) is 14.9 Å². The van der Waals surface area contributed by atoms with Gasteiger partial charge in [-0.3, -0.25) is 9.59 Å². The molecule has 2 heterocycles. The molecular weight excluding hydrogens is 409 g/mol. The molecule has 0 fully saturated rings. The van der Waals surface area contributed by atoms with E-state index in [4.69, 9.17) is 0 Å². The van der Waals surface area contributed by atoms with Gasteiger partial charge in [0, 0.05) is 17.8 Å². The number of carbonyl (C=O) groups excluding carboxylic acids is 1. The monoisotopic (exact) mass is 435 g/mol. The zero-order valence-corrected chi connectivity index (χ0v) is 18.2. The summed E-state index contributed by atoms with van der Waals surface area (Å²) in [6, 6.07) is 10.1. The minimum Gasteiger partial charge on any atom is -0.383 e. The lowest BCUT2D eigenvalue weighted by atomic mass is 10.1. The van der Waals surface area contributed by atoms with E-state index >= 15 is 0 Å². The Labute approximate surface area is 185 Å². The molecule has 1 aliphatic heterocycles. The van der Waals surface area contributed by atoms with E-state index in [0.29, 0.717) is 29.0 Å². The minimum absolute atomic E-state index is 0.162. The van der Waals surface area contributed by atoms with Crippen molar-refractivity contribution in [3.05, 3.63) is 64.0 Å². The first-order valence-corrected chi connectivity index (χ1v) is 10.8. The highest BCUT2D eigenvalue weighted by molar-refractivity contribution is 6.34. The number of carbonyl (C=O) groups is 1. The Balaban J connectivity index is 1.61. The summed E-state index contributed by atoms with van der Waals surface area (Å²) < 4.78 is 14.5. The molecule has 166 valence electrons. The Bertz CT molecular complexity index is 1250. The largest absolute Gasteiger partial charge is 0.383 e. The smallest absolute Gasteiger partial charge is 0.259 e. The number of H-pyrrole nitrogens is 1. The van der Waals surface area contributed by atoms with Crippen molar-refractivity contribution in [2.75, 3.05) is 36.8 Å². The molecule has 0 bridgehead atoms. The van der Waals surface area contributed by atoms with Gasteiger partial charge in [0.2, 0.25) is 0 Å². The van der Waals surface area contributed by atoms with Crippen molar-refractivity contribution in [2.45, 2.75) is 20.3 Å². The summed E-state index contributed by atoms with van der Waals surface area (Å²) in [5, 5.41) is 6.06. The molecule has 0 radical (unpaired) electrons. The molecule has 32 heavy (non-hydrogen) atoms. The van der Waals surface area contributed by atoms with Crippen LogP contribution in [0.5, 0.6) is 0 Å². The molecule has 0 spiro atoms. The maximum absolute atomic E-state index is 14.5. The van der Waals surface area contributed by atoms with Crippen LogP contribution in [-0.4, -0.2) is 47.0 Å². The number of fused-ring (bicyclic) bond motifs is 2. The molecule has 8 heteroatoms. The summed E-state index contributed by atoms with van der Waals surface area (Å²) in [6.45, 7) is 7.72. The fourth-order valence-electron chi connectivity index (χ4n) is 3.87. The minimum atomic E-state index is -0.497. The van der Waals surface area contributed by atoms with E-state index in [1.165, 1.54) is 6.07 Å². The highest BCUT2D eigenvalue weighted by atomic mass is 19.1. The molecule has 1 aliphatic rings. The van der Waals surface area contributed by atoms with Crippen LogP contribution in [0.2, 0.25) is 0 Å². The van der Waals surface area contributed by atoms with E-state index in [1.54, 1.807) is 12.1 Å². The van der Waals surface area contributed by atoms with Crippen LogP contribution in [0.4, 0.5) is 15.8 Å². The van der Waals surface area contributed by atoms with Crippen LogP contribution in [0.15, 0.2) is 41.2 Å². The number of aromatic nitrogens is 2. The highest BCUT2D eigenvalue weighted by Gasteiger charge is 2.23. The van der Waals surface area contributed by atoms with Gasteiger partial charge in [0.1, 0.15) is 11.6 Å². The molecule has 0 unspecified atom stereocenters. The fraction of sp³-hybridized carbons (Fsp3) is 0.292. The lowest BCUT2D eigenvalue weighted by Gasteiger charge is -2.18. The first-order chi connectivity index (χ1) is 15.5. The van der Waals surface area contributed by atoms with Gasteiger partial charge >= 0.3 is 0 Å². The van der Waals surface area contributed by atoms with Crippen molar-refractivity contribution in [3.63, 3.8) is 0 Å². The van der Waals surface area contributed by atoms with E-state index in [-0.39, 0.29) is 17.1 Å². The summed E-state index contributed by atoms with van der Waals surface area (Å²) >= 11 is 0. The number of hydrogen-bond acceptors (Lipinski definition) is 5. The molecule has 3 aromatic rings. The van der Waals surface area contributed by atoms with E-state index in [1.807, 2.05) is 24.3 Å². The van der Waals surface area contributed by atoms with Gasteiger partial charge in [0.15, 0.2) is 0 Å². The van der Waals surface area contributed by atoms with E-state index in [0.717, 1.165) is 31.6 Å². The van der Waals surface area contributed by atoms with Gasteiger partial charge in [-0.15, -0.1) is 0 Å². The van der Waals surface area contributed by atoms with Crippen molar-refractivity contribution in [1.29, 1.82) is 0 Å². The zero-order valence-electron chi connectivity index (χ0n) is 18.2. The van der Waals surface area contributed by atoms with Gasteiger partial charge in [-0.2, -0.15) is 0 Å². The van der Waals surface area contributed by atoms with Crippen LogP contribution in [0.1, 0.15) is 31.7 Å². The van der Waals surface area contributed by atoms with Crippen LogP contribution < -0.4 is 16.2 Å². The van der Waals surface area contributed by atoms with Crippen LogP contribution in [0.3, 0.4) is 0 Å². The van der Waals surface area contributed by atoms with Gasteiger partial charge in [-0.25, -0.2) is 9.37 Å². The fourth-order valence-corrected chi connectivity index (χ4v) is 3.87. The van der Waals surface area contributed by atoms with Crippen molar-refractivity contribution in [2.24, 2.45) is 0 Å². The molecule has 0 aliphatic carbocycles. The predicted molar refractivity (Wildman–Crippen MR) is 126 cm³/mol. The number of rotatable bonds is 8. The molecule has 1 aromatic heterocycles. The first kappa shape index (κ1) is 21.7. The van der Waals surface area contributed by atoms with Crippen LogP contribution in [0, 0.1) is 5.82 Å². The maximum Gasteiger partial charge on any atom is 0.259 e. The number of hydrogen-bond donors (Lipinski definition) is 3. The van der Waals surface area contributed by atoms with Gasteiger partial charge in [-0.1, -0.05) is 32.0 Å². The van der Waals surface area contributed by atoms with E-state index in [9.17, 15) is 14.0 Å². The second-order valence-electron chi connectivity index (χ2n) is 7.67. The van der Waals surface area contributed by atoms with Gasteiger partial charge < -0.3 is 20.5 Å². The van der Waals surface area contributed by atoms with E-state index < -0.39 is 11.4 Å². The second-order valence-corrected chi connectivity index (χ2v) is 7.67. The number of para-hydroxylation sites is 1.